The number of carboxylic acids is 1. The molecule has 0 saturated carbocycles. The standard InChI is InChI=1S/C16H13F3O3/c1-10-4-2-3-5-14(10)22-9-11-6-7-12(15(20)21)13(8-11)16(17,18)19/h2-8H,9H2,1H3,(H,20,21). The van der Waals surface area contributed by atoms with Crippen LogP contribution in [0, 0.1) is 6.92 Å². The zero-order valence-corrected chi connectivity index (χ0v) is 11.6. The molecule has 0 aromatic heterocycles. The summed E-state index contributed by atoms with van der Waals surface area (Å²) in [6.45, 7) is 1.75. The number of halogens is 3. The number of aryl methyl sites for hydroxylation is 1. The molecular weight excluding hydrogens is 297 g/mol. The van der Waals surface area contributed by atoms with E-state index in [-0.39, 0.29) is 12.2 Å². The van der Waals surface area contributed by atoms with Crippen molar-refractivity contribution >= 4 is 5.97 Å². The minimum absolute atomic E-state index is 0.0756. The highest BCUT2D eigenvalue weighted by atomic mass is 19.4. The Bertz CT molecular complexity index is 693. The normalized spacial score (nSPS) is 11.3. The van der Waals surface area contributed by atoms with E-state index in [0.29, 0.717) is 5.75 Å². The van der Waals surface area contributed by atoms with Gasteiger partial charge in [-0.3, -0.25) is 0 Å². The first-order chi connectivity index (χ1) is 10.3. The van der Waals surface area contributed by atoms with Crippen LogP contribution >= 0.6 is 0 Å². The van der Waals surface area contributed by atoms with Gasteiger partial charge in [-0.25, -0.2) is 4.79 Å². The average molecular weight is 310 g/mol. The first-order valence-corrected chi connectivity index (χ1v) is 6.41. The summed E-state index contributed by atoms with van der Waals surface area (Å²) in [4.78, 5) is 10.9. The fourth-order valence-corrected chi connectivity index (χ4v) is 1.98. The van der Waals surface area contributed by atoms with Crippen LogP contribution in [0.4, 0.5) is 13.2 Å². The van der Waals surface area contributed by atoms with Crippen molar-refractivity contribution < 1.29 is 27.8 Å². The fourth-order valence-electron chi connectivity index (χ4n) is 1.98. The monoisotopic (exact) mass is 310 g/mol. The molecule has 0 aliphatic carbocycles. The molecule has 2 aromatic carbocycles. The number of ether oxygens (including phenoxy) is 1. The van der Waals surface area contributed by atoms with Gasteiger partial charge in [0.2, 0.25) is 0 Å². The minimum atomic E-state index is -4.73. The van der Waals surface area contributed by atoms with Gasteiger partial charge in [-0.05, 0) is 36.2 Å². The number of alkyl halides is 3. The Labute approximate surface area is 125 Å². The number of carboxylic acid groups (broad SMARTS) is 1. The number of carbonyl (C=O) groups is 1. The molecule has 2 aromatic rings. The molecule has 0 aliphatic rings. The molecule has 0 heterocycles. The van der Waals surface area contributed by atoms with Gasteiger partial charge in [-0.1, -0.05) is 24.3 Å². The van der Waals surface area contributed by atoms with Crippen molar-refractivity contribution in [3.05, 3.63) is 64.7 Å². The van der Waals surface area contributed by atoms with Gasteiger partial charge >= 0.3 is 12.1 Å². The highest BCUT2D eigenvalue weighted by molar-refractivity contribution is 5.89. The molecule has 0 aliphatic heterocycles. The first kappa shape index (κ1) is 15.9. The summed E-state index contributed by atoms with van der Waals surface area (Å²) >= 11 is 0. The number of para-hydroxylation sites is 1. The molecule has 3 nitrogen and oxygen atoms in total. The van der Waals surface area contributed by atoms with E-state index in [0.717, 1.165) is 17.7 Å². The van der Waals surface area contributed by atoms with Crippen LogP contribution in [0.3, 0.4) is 0 Å². The lowest BCUT2D eigenvalue weighted by atomic mass is 10.0. The molecule has 0 unspecified atom stereocenters. The van der Waals surface area contributed by atoms with E-state index < -0.39 is 23.3 Å². The van der Waals surface area contributed by atoms with E-state index in [9.17, 15) is 18.0 Å². The zero-order valence-electron chi connectivity index (χ0n) is 11.6. The largest absolute Gasteiger partial charge is 0.489 e. The molecule has 0 fully saturated rings. The number of hydrogen-bond donors (Lipinski definition) is 1. The van der Waals surface area contributed by atoms with Crippen LogP contribution in [0.5, 0.6) is 5.75 Å². The van der Waals surface area contributed by atoms with Crippen LogP contribution in [0.25, 0.3) is 0 Å². The predicted octanol–water partition coefficient (Wildman–Crippen LogP) is 4.29. The molecule has 0 radical (unpaired) electrons. The summed E-state index contributed by atoms with van der Waals surface area (Å²) in [7, 11) is 0. The van der Waals surface area contributed by atoms with E-state index in [4.69, 9.17) is 9.84 Å². The summed E-state index contributed by atoms with van der Waals surface area (Å²) < 4.78 is 44.2. The van der Waals surface area contributed by atoms with E-state index in [1.54, 1.807) is 12.1 Å². The number of aromatic carboxylic acids is 1. The molecule has 116 valence electrons. The van der Waals surface area contributed by atoms with Gasteiger partial charge in [0.1, 0.15) is 12.4 Å². The lowest BCUT2D eigenvalue weighted by Crippen LogP contribution is -2.14. The average Bonchev–Trinajstić information content (AvgIpc) is 2.45. The molecule has 0 bridgehead atoms. The molecular formula is C16H13F3O3. The van der Waals surface area contributed by atoms with Gasteiger partial charge in [0, 0.05) is 0 Å². The van der Waals surface area contributed by atoms with Gasteiger partial charge < -0.3 is 9.84 Å². The van der Waals surface area contributed by atoms with E-state index in [1.807, 2.05) is 19.1 Å². The third kappa shape index (κ3) is 3.58. The fraction of sp³-hybridized carbons (Fsp3) is 0.188. The second kappa shape index (κ2) is 6.09. The summed E-state index contributed by atoms with van der Waals surface area (Å²) in [5.74, 6) is -1.04. The third-order valence-corrected chi connectivity index (χ3v) is 3.11. The highest BCUT2D eigenvalue weighted by Gasteiger charge is 2.35. The van der Waals surface area contributed by atoms with Crippen molar-refractivity contribution in [2.75, 3.05) is 0 Å². The predicted molar refractivity (Wildman–Crippen MR) is 73.9 cm³/mol. The Hall–Kier alpha value is -2.50. The Balaban J connectivity index is 2.26. The van der Waals surface area contributed by atoms with Crippen molar-refractivity contribution in [2.45, 2.75) is 19.7 Å². The summed E-state index contributed by atoms with van der Waals surface area (Å²) in [6, 6.07) is 10.2. The van der Waals surface area contributed by atoms with Crippen molar-refractivity contribution in [3.8, 4) is 5.75 Å². The second-order valence-electron chi connectivity index (χ2n) is 4.74. The Morgan fingerprint density at radius 2 is 1.86 bits per heavy atom. The van der Waals surface area contributed by atoms with Crippen molar-refractivity contribution in [1.29, 1.82) is 0 Å². The maximum atomic E-state index is 12.9. The Kier molecular flexibility index (Phi) is 4.40. The zero-order chi connectivity index (χ0) is 16.3. The van der Waals surface area contributed by atoms with Crippen LogP contribution in [-0.2, 0) is 12.8 Å². The Morgan fingerprint density at radius 1 is 1.18 bits per heavy atom. The molecule has 22 heavy (non-hydrogen) atoms. The molecule has 0 atom stereocenters. The van der Waals surface area contributed by atoms with Crippen LogP contribution in [0.2, 0.25) is 0 Å². The molecule has 0 amide bonds. The minimum Gasteiger partial charge on any atom is -0.489 e. The topological polar surface area (TPSA) is 46.5 Å². The summed E-state index contributed by atoms with van der Waals surface area (Å²) in [5, 5.41) is 8.83. The van der Waals surface area contributed by atoms with Gasteiger partial charge in [0.05, 0.1) is 11.1 Å². The first-order valence-electron chi connectivity index (χ1n) is 6.41. The van der Waals surface area contributed by atoms with Crippen LogP contribution in [0.1, 0.15) is 27.0 Å². The lowest BCUT2D eigenvalue weighted by Gasteiger charge is -2.13. The maximum Gasteiger partial charge on any atom is 0.417 e. The molecule has 6 heteroatoms. The highest BCUT2D eigenvalue weighted by Crippen LogP contribution is 2.33. The van der Waals surface area contributed by atoms with Gasteiger partial charge in [-0.15, -0.1) is 0 Å². The Morgan fingerprint density at radius 3 is 2.45 bits per heavy atom. The summed E-state index contributed by atoms with van der Waals surface area (Å²) in [6.07, 6.45) is -4.73. The van der Waals surface area contributed by atoms with Gasteiger partial charge in [0.15, 0.2) is 0 Å². The number of benzene rings is 2. The maximum absolute atomic E-state index is 12.9. The molecule has 2 rings (SSSR count). The van der Waals surface area contributed by atoms with Crippen molar-refractivity contribution in [1.82, 2.24) is 0 Å². The lowest BCUT2D eigenvalue weighted by molar-refractivity contribution is -0.138. The van der Waals surface area contributed by atoms with Crippen molar-refractivity contribution in [3.63, 3.8) is 0 Å². The molecule has 1 N–H and O–H groups in total. The SMILES string of the molecule is Cc1ccccc1OCc1ccc(C(=O)O)c(C(F)(F)F)c1. The number of rotatable bonds is 4. The van der Waals surface area contributed by atoms with Gasteiger partial charge in [0.25, 0.3) is 0 Å². The quantitative estimate of drug-likeness (QED) is 0.916. The van der Waals surface area contributed by atoms with Crippen LogP contribution in [-0.4, -0.2) is 11.1 Å². The molecule has 0 spiro atoms. The van der Waals surface area contributed by atoms with Crippen LogP contribution < -0.4 is 4.74 Å². The molecule has 0 saturated heterocycles. The van der Waals surface area contributed by atoms with Crippen molar-refractivity contribution in [2.24, 2.45) is 0 Å². The smallest absolute Gasteiger partial charge is 0.417 e. The van der Waals surface area contributed by atoms with E-state index >= 15 is 0 Å². The van der Waals surface area contributed by atoms with E-state index in [1.165, 1.54) is 6.07 Å². The van der Waals surface area contributed by atoms with Gasteiger partial charge in [-0.2, -0.15) is 13.2 Å². The summed E-state index contributed by atoms with van der Waals surface area (Å²) in [5.41, 5.74) is -0.834. The van der Waals surface area contributed by atoms with Crippen LogP contribution in [0.15, 0.2) is 42.5 Å². The van der Waals surface area contributed by atoms with E-state index in [2.05, 4.69) is 0 Å². The second-order valence-corrected chi connectivity index (χ2v) is 4.74. The third-order valence-electron chi connectivity index (χ3n) is 3.11. The number of hydrogen-bond acceptors (Lipinski definition) is 2.